The van der Waals surface area contributed by atoms with Gasteiger partial charge in [-0.15, -0.1) is 0 Å². The molecule has 80 valence electrons. The first-order chi connectivity index (χ1) is 7.92. The Labute approximate surface area is 94.3 Å². The maximum absolute atomic E-state index is 8.14. The molecule has 16 heavy (non-hydrogen) atoms. The van der Waals surface area contributed by atoms with E-state index in [1.165, 1.54) is 11.1 Å². The number of fused-ring (bicyclic) bond motifs is 1. The molecule has 4 heteroatoms. The molecule has 2 rings (SSSR count). The SMILES string of the molecule is [N-]=[N+]=NCC#Cc1cccc2c1CCNC2. The first-order valence-electron chi connectivity index (χ1n) is 5.23. The first kappa shape index (κ1) is 10.6. The summed E-state index contributed by atoms with van der Waals surface area (Å²) in [6.07, 6.45) is 1.02. The van der Waals surface area contributed by atoms with E-state index >= 15 is 0 Å². The minimum atomic E-state index is 0.235. The van der Waals surface area contributed by atoms with E-state index in [-0.39, 0.29) is 6.54 Å². The van der Waals surface area contributed by atoms with Crippen LogP contribution in [0.1, 0.15) is 16.7 Å². The van der Waals surface area contributed by atoms with Crippen LogP contribution in [0.25, 0.3) is 10.4 Å². The lowest BCUT2D eigenvalue weighted by atomic mass is 9.96. The van der Waals surface area contributed by atoms with Gasteiger partial charge < -0.3 is 5.32 Å². The van der Waals surface area contributed by atoms with E-state index < -0.39 is 0 Å². The fraction of sp³-hybridized carbons (Fsp3) is 0.333. The smallest absolute Gasteiger partial charge is 0.0880 e. The Balaban J connectivity index is 2.25. The van der Waals surface area contributed by atoms with Crippen LogP contribution in [-0.2, 0) is 13.0 Å². The summed E-state index contributed by atoms with van der Waals surface area (Å²) >= 11 is 0. The number of hydrogen-bond donors (Lipinski definition) is 1. The van der Waals surface area contributed by atoms with Gasteiger partial charge in [0.25, 0.3) is 0 Å². The van der Waals surface area contributed by atoms with Crippen molar-refractivity contribution < 1.29 is 0 Å². The number of azide groups is 1. The summed E-state index contributed by atoms with van der Waals surface area (Å²) in [6, 6.07) is 6.16. The van der Waals surface area contributed by atoms with Gasteiger partial charge in [-0.1, -0.05) is 29.1 Å². The fourth-order valence-electron chi connectivity index (χ4n) is 1.85. The Morgan fingerprint density at radius 3 is 3.31 bits per heavy atom. The zero-order valence-corrected chi connectivity index (χ0v) is 8.90. The topological polar surface area (TPSA) is 60.8 Å². The summed E-state index contributed by atoms with van der Waals surface area (Å²) in [5.74, 6) is 5.93. The van der Waals surface area contributed by atoms with E-state index in [2.05, 4.69) is 33.2 Å². The van der Waals surface area contributed by atoms with E-state index in [1.54, 1.807) is 0 Å². The summed E-state index contributed by atoms with van der Waals surface area (Å²) in [6.45, 7) is 2.15. The molecule has 0 saturated carbocycles. The van der Waals surface area contributed by atoms with E-state index in [9.17, 15) is 0 Å². The van der Waals surface area contributed by atoms with Crippen molar-refractivity contribution in [3.63, 3.8) is 0 Å². The van der Waals surface area contributed by atoms with Crippen LogP contribution in [0.2, 0.25) is 0 Å². The molecule has 1 aliphatic rings. The standard InChI is InChI=1S/C12H12N4/c13-16-15-7-2-5-10-3-1-4-11-9-14-8-6-12(10)11/h1,3-4,14H,6-9H2. The molecule has 0 amide bonds. The molecule has 0 saturated heterocycles. The number of rotatable bonds is 1. The molecule has 1 aromatic rings. The maximum atomic E-state index is 8.14. The zero-order valence-electron chi connectivity index (χ0n) is 8.90. The van der Waals surface area contributed by atoms with Gasteiger partial charge >= 0.3 is 0 Å². The van der Waals surface area contributed by atoms with Gasteiger partial charge in [0.05, 0.1) is 6.54 Å². The highest BCUT2D eigenvalue weighted by atomic mass is 15.1. The summed E-state index contributed by atoms with van der Waals surface area (Å²) in [7, 11) is 0. The Bertz CT molecular complexity index is 489. The van der Waals surface area contributed by atoms with E-state index in [1.807, 2.05) is 12.1 Å². The van der Waals surface area contributed by atoms with Crippen LogP contribution in [0, 0.1) is 11.8 Å². The van der Waals surface area contributed by atoms with Gasteiger partial charge in [0.1, 0.15) is 0 Å². The highest BCUT2D eigenvalue weighted by Gasteiger charge is 2.10. The monoisotopic (exact) mass is 212 g/mol. The average molecular weight is 212 g/mol. The third-order valence-corrected chi connectivity index (χ3v) is 2.58. The molecule has 0 atom stereocenters. The molecule has 0 aliphatic carbocycles. The van der Waals surface area contributed by atoms with Gasteiger partial charge in [0.2, 0.25) is 0 Å². The summed E-state index contributed by atoms with van der Waals surface area (Å²) in [5, 5.41) is 6.72. The summed E-state index contributed by atoms with van der Waals surface area (Å²) < 4.78 is 0. The summed E-state index contributed by atoms with van der Waals surface area (Å²) in [4.78, 5) is 2.67. The first-order valence-corrected chi connectivity index (χ1v) is 5.23. The van der Waals surface area contributed by atoms with E-state index in [4.69, 9.17) is 5.53 Å². The predicted molar refractivity (Wildman–Crippen MR) is 62.7 cm³/mol. The minimum absolute atomic E-state index is 0.235. The number of nitrogens with one attached hydrogen (secondary N) is 1. The van der Waals surface area contributed by atoms with Gasteiger partial charge in [0, 0.05) is 17.0 Å². The average Bonchev–Trinajstić information content (AvgIpc) is 2.35. The van der Waals surface area contributed by atoms with Gasteiger partial charge in [-0.2, -0.15) is 0 Å². The lowest BCUT2D eigenvalue weighted by molar-refractivity contribution is 0.643. The van der Waals surface area contributed by atoms with Crippen LogP contribution >= 0.6 is 0 Å². The van der Waals surface area contributed by atoms with Crippen molar-refractivity contribution in [1.82, 2.24) is 5.32 Å². The van der Waals surface area contributed by atoms with Crippen molar-refractivity contribution in [3.8, 4) is 11.8 Å². The second-order valence-corrected chi connectivity index (χ2v) is 3.56. The van der Waals surface area contributed by atoms with Gasteiger partial charge in [0.15, 0.2) is 0 Å². The van der Waals surface area contributed by atoms with Crippen LogP contribution in [0.3, 0.4) is 0 Å². The number of hydrogen-bond acceptors (Lipinski definition) is 2. The van der Waals surface area contributed by atoms with Crippen LogP contribution in [-0.4, -0.2) is 13.1 Å². The van der Waals surface area contributed by atoms with Crippen molar-refractivity contribution in [2.45, 2.75) is 13.0 Å². The quantitative estimate of drug-likeness (QED) is 0.329. The molecule has 4 nitrogen and oxygen atoms in total. The van der Waals surface area contributed by atoms with Gasteiger partial charge in [-0.05, 0) is 35.7 Å². The predicted octanol–water partition coefficient (Wildman–Crippen LogP) is 1.99. The molecular weight excluding hydrogens is 200 g/mol. The van der Waals surface area contributed by atoms with Crippen LogP contribution < -0.4 is 5.32 Å². The Morgan fingerprint density at radius 2 is 2.44 bits per heavy atom. The Morgan fingerprint density at radius 1 is 1.50 bits per heavy atom. The van der Waals surface area contributed by atoms with Crippen molar-refractivity contribution >= 4 is 0 Å². The summed E-state index contributed by atoms with van der Waals surface area (Å²) in [5.41, 5.74) is 11.8. The Hall–Kier alpha value is -1.95. The third kappa shape index (κ3) is 2.34. The molecule has 1 aliphatic heterocycles. The molecule has 0 unspecified atom stereocenters. The largest absolute Gasteiger partial charge is 0.312 e. The molecule has 0 fully saturated rings. The van der Waals surface area contributed by atoms with E-state index in [0.29, 0.717) is 0 Å². The molecule has 0 aromatic heterocycles. The van der Waals surface area contributed by atoms with Crippen molar-refractivity contribution in [2.24, 2.45) is 5.11 Å². The zero-order chi connectivity index (χ0) is 11.2. The molecule has 0 spiro atoms. The lowest BCUT2D eigenvalue weighted by Gasteiger charge is -2.18. The highest BCUT2D eigenvalue weighted by Crippen LogP contribution is 2.17. The molecule has 1 N–H and O–H groups in total. The molecular formula is C12H12N4. The van der Waals surface area contributed by atoms with Crippen molar-refractivity contribution in [1.29, 1.82) is 0 Å². The molecule has 0 radical (unpaired) electrons. The van der Waals surface area contributed by atoms with Gasteiger partial charge in [-0.25, -0.2) is 0 Å². The molecule has 0 bridgehead atoms. The normalized spacial score (nSPS) is 13.0. The second-order valence-electron chi connectivity index (χ2n) is 3.56. The van der Waals surface area contributed by atoms with Gasteiger partial charge in [-0.3, -0.25) is 0 Å². The number of nitrogens with zero attached hydrogens (tertiary/aromatic N) is 3. The van der Waals surface area contributed by atoms with Crippen molar-refractivity contribution in [3.05, 3.63) is 45.3 Å². The van der Waals surface area contributed by atoms with Crippen LogP contribution in [0.15, 0.2) is 23.3 Å². The van der Waals surface area contributed by atoms with Crippen LogP contribution in [0.5, 0.6) is 0 Å². The number of benzene rings is 1. The fourth-order valence-corrected chi connectivity index (χ4v) is 1.85. The molecule has 1 aromatic carbocycles. The minimum Gasteiger partial charge on any atom is -0.312 e. The van der Waals surface area contributed by atoms with Crippen molar-refractivity contribution in [2.75, 3.05) is 13.1 Å². The second kappa shape index (κ2) is 5.22. The van der Waals surface area contributed by atoms with Crippen LogP contribution in [0.4, 0.5) is 0 Å². The van der Waals surface area contributed by atoms with E-state index in [0.717, 1.165) is 25.1 Å². The Kier molecular flexibility index (Phi) is 3.45. The maximum Gasteiger partial charge on any atom is 0.0880 e. The highest BCUT2D eigenvalue weighted by molar-refractivity contribution is 5.46. The lowest BCUT2D eigenvalue weighted by Crippen LogP contribution is -2.24. The molecule has 1 heterocycles. The third-order valence-electron chi connectivity index (χ3n) is 2.58.